The lowest BCUT2D eigenvalue weighted by molar-refractivity contribution is 0.0987. The highest BCUT2D eigenvalue weighted by atomic mass is 35.5. The standard InChI is InChI=1S/C23H21ClOS2/c1-16-6-10-18(11-7-16)22(25)15-23(26-20-12-8-17(2)9-13-20)27-21-5-3-4-19(24)14-21/h3-14,23H,15H2,1-2H3. The summed E-state index contributed by atoms with van der Waals surface area (Å²) in [7, 11) is 0. The van der Waals surface area contributed by atoms with E-state index < -0.39 is 0 Å². The highest BCUT2D eigenvalue weighted by Gasteiger charge is 2.18. The summed E-state index contributed by atoms with van der Waals surface area (Å²) in [4.78, 5) is 15.1. The molecule has 3 rings (SSSR count). The summed E-state index contributed by atoms with van der Waals surface area (Å²) in [5, 5.41) is 0.712. The maximum Gasteiger partial charge on any atom is 0.164 e. The van der Waals surface area contributed by atoms with E-state index in [0.717, 1.165) is 20.9 Å². The molecule has 0 radical (unpaired) electrons. The van der Waals surface area contributed by atoms with Crippen molar-refractivity contribution in [1.29, 1.82) is 0 Å². The van der Waals surface area contributed by atoms with Crippen molar-refractivity contribution >= 4 is 40.9 Å². The van der Waals surface area contributed by atoms with Gasteiger partial charge in [-0.1, -0.05) is 65.2 Å². The van der Waals surface area contributed by atoms with Gasteiger partial charge in [0.25, 0.3) is 0 Å². The summed E-state index contributed by atoms with van der Waals surface area (Å²) < 4.78 is 0.0694. The number of Topliss-reactive ketones (excluding diaryl/α,β-unsaturated/α-hetero) is 1. The van der Waals surface area contributed by atoms with Crippen LogP contribution in [0.4, 0.5) is 0 Å². The lowest BCUT2D eigenvalue weighted by Crippen LogP contribution is -2.08. The number of carbonyl (C=O) groups is 1. The van der Waals surface area contributed by atoms with Gasteiger partial charge in [0.2, 0.25) is 0 Å². The Hall–Kier alpha value is -1.68. The Labute approximate surface area is 174 Å². The van der Waals surface area contributed by atoms with Crippen LogP contribution in [0.3, 0.4) is 0 Å². The lowest BCUT2D eigenvalue weighted by Gasteiger charge is -2.16. The van der Waals surface area contributed by atoms with Gasteiger partial charge in [-0.05, 0) is 44.2 Å². The summed E-state index contributed by atoms with van der Waals surface area (Å²) in [5.74, 6) is 0.161. The summed E-state index contributed by atoms with van der Waals surface area (Å²) >= 11 is 9.54. The summed E-state index contributed by atoms with van der Waals surface area (Å²) in [6, 6.07) is 24.0. The Morgan fingerprint density at radius 2 is 1.44 bits per heavy atom. The molecule has 0 saturated carbocycles. The molecule has 1 unspecified atom stereocenters. The van der Waals surface area contributed by atoms with Crippen molar-refractivity contribution in [3.8, 4) is 0 Å². The molecule has 0 aliphatic carbocycles. The van der Waals surface area contributed by atoms with E-state index in [9.17, 15) is 4.79 Å². The van der Waals surface area contributed by atoms with Crippen LogP contribution in [0.15, 0.2) is 82.6 Å². The molecule has 3 aromatic carbocycles. The van der Waals surface area contributed by atoms with Gasteiger partial charge < -0.3 is 0 Å². The molecular weight excluding hydrogens is 392 g/mol. The fourth-order valence-electron chi connectivity index (χ4n) is 2.58. The zero-order chi connectivity index (χ0) is 19.2. The van der Waals surface area contributed by atoms with Crippen molar-refractivity contribution in [1.82, 2.24) is 0 Å². The van der Waals surface area contributed by atoms with E-state index in [4.69, 9.17) is 11.6 Å². The molecule has 1 nitrogen and oxygen atoms in total. The predicted octanol–water partition coefficient (Wildman–Crippen LogP) is 7.44. The molecule has 0 heterocycles. The minimum Gasteiger partial charge on any atom is -0.294 e. The van der Waals surface area contributed by atoms with Crippen molar-refractivity contribution < 1.29 is 4.79 Å². The molecule has 138 valence electrons. The molecule has 0 saturated heterocycles. The van der Waals surface area contributed by atoms with Crippen molar-refractivity contribution in [3.63, 3.8) is 0 Å². The topological polar surface area (TPSA) is 17.1 Å². The van der Waals surface area contributed by atoms with Crippen molar-refractivity contribution in [2.45, 2.75) is 34.6 Å². The van der Waals surface area contributed by atoms with Gasteiger partial charge in [-0.15, -0.1) is 23.5 Å². The predicted molar refractivity (Wildman–Crippen MR) is 118 cm³/mol. The fraction of sp³-hybridized carbons (Fsp3) is 0.174. The molecule has 0 aromatic heterocycles. The van der Waals surface area contributed by atoms with Crippen LogP contribution in [0.2, 0.25) is 5.02 Å². The van der Waals surface area contributed by atoms with E-state index in [1.807, 2.05) is 55.5 Å². The van der Waals surface area contributed by atoms with Crippen LogP contribution in [-0.2, 0) is 0 Å². The van der Waals surface area contributed by atoms with Crippen LogP contribution >= 0.6 is 35.1 Å². The average molecular weight is 413 g/mol. The molecule has 0 N–H and O–H groups in total. The number of hydrogen-bond acceptors (Lipinski definition) is 3. The average Bonchev–Trinajstić information content (AvgIpc) is 2.64. The second kappa shape index (κ2) is 9.50. The monoisotopic (exact) mass is 412 g/mol. The van der Waals surface area contributed by atoms with E-state index in [-0.39, 0.29) is 10.4 Å². The zero-order valence-electron chi connectivity index (χ0n) is 15.3. The van der Waals surface area contributed by atoms with Gasteiger partial charge in [-0.25, -0.2) is 0 Å². The highest BCUT2D eigenvalue weighted by molar-refractivity contribution is 8.17. The van der Waals surface area contributed by atoms with Gasteiger partial charge in [0.1, 0.15) is 0 Å². The quantitative estimate of drug-likeness (QED) is 0.228. The number of aryl methyl sites for hydroxylation is 2. The minimum absolute atomic E-state index is 0.0694. The molecule has 0 bridgehead atoms. The maximum atomic E-state index is 12.8. The largest absolute Gasteiger partial charge is 0.294 e. The van der Waals surface area contributed by atoms with E-state index >= 15 is 0 Å². The summed E-state index contributed by atoms with van der Waals surface area (Å²) in [5.41, 5.74) is 3.15. The Bertz CT molecular complexity index is 904. The first-order valence-corrected chi connectivity index (χ1v) is 10.9. The molecule has 0 fully saturated rings. The SMILES string of the molecule is Cc1ccc(SC(CC(=O)c2ccc(C)cc2)Sc2cccc(Cl)c2)cc1. The molecular formula is C23H21ClOS2. The number of carbonyl (C=O) groups excluding carboxylic acids is 1. The molecule has 27 heavy (non-hydrogen) atoms. The molecule has 0 aliphatic rings. The van der Waals surface area contributed by atoms with Crippen molar-refractivity contribution in [2.75, 3.05) is 0 Å². The number of ketones is 1. The molecule has 4 heteroatoms. The second-order valence-corrected chi connectivity index (χ2v) is 9.72. The van der Waals surface area contributed by atoms with Gasteiger partial charge >= 0.3 is 0 Å². The third-order valence-electron chi connectivity index (χ3n) is 4.08. The summed E-state index contributed by atoms with van der Waals surface area (Å²) in [6.45, 7) is 4.10. The third-order valence-corrected chi connectivity index (χ3v) is 6.82. The number of rotatable bonds is 7. The van der Waals surface area contributed by atoms with Crippen LogP contribution in [0.1, 0.15) is 27.9 Å². The Morgan fingerprint density at radius 3 is 2.07 bits per heavy atom. The molecule has 3 aromatic rings. The summed E-state index contributed by atoms with van der Waals surface area (Å²) in [6.07, 6.45) is 0.457. The zero-order valence-corrected chi connectivity index (χ0v) is 17.7. The van der Waals surface area contributed by atoms with Crippen LogP contribution in [-0.4, -0.2) is 10.4 Å². The van der Waals surface area contributed by atoms with Gasteiger partial charge in [0, 0.05) is 26.8 Å². The lowest BCUT2D eigenvalue weighted by atomic mass is 10.1. The number of hydrogen-bond donors (Lipinski definition) is 0. The maximum absolute atomic E-state index is 12.8. The normalized spacial score (nSPS) is 12.0. The fourth-order valence-corrected chi connectivity index (χ4v) is 5.41. The van der Waals surface area contributed by atoms with Crippen LogP contribution in [0, 0.1) is 13.8 Å². The minimum atomic E-state index is 0.0694. The Kier molecular flexibility index (Phi) is 7.06. The third kappa shape index (κ3) is 6.17. The van der Waals surface area contributed by atoms with Crippen LogP contribution in [0.25, 0.3) is 0 Å². The van der Waals surface area contributed by atoms with Crippen LogP contribution in [0.5, 0.6) is 0 Å². The van der Waals surface area contributed by atoms with E-state index in [1.54, 1.807) is 23.5 Å². The van der Waals surface area contributed by atoms with Crippen LogP contribution < -0.4 is 0 Å². The van der Waals surface area contributed by atoms with Gasteiger partial charge in [0.15, 0.2) is 5.78 Å². The first kappa shape index (κ1) is 20.1. The number of halogens is 1. The Morgan fingerprint density at radius 1 is 0.852 bits per heavy atom. The van der Waals surface area contributed by atoms with Gasteiger partial charge in [-0.2, -0.15) is 0 Å². The Balaban J connectivity index is 1.78. The number of thioether (sulfide) groups is 2. The van der Waals surface area contributed by atoms with E-state index in [2.05, 4.69) is 31.2 Å². The highest BCUT2D eigenvalue weighted by Crippen LogP contribution is 2.39. The molecule has 0 aliphatic heterocycles. The molecule has 0 amide bonds. The first-order valence-electron chi connectivity index (χ1n) is 8.75. The van der Waals surface area contributed by atoms with E-state index in [1.165, 1.54) is 5.56 Å². The molecule has 0 spiro atoms. The van der Waals surface area contributed by atoms with Crippen molar-refractivity contribution in [2.24, 2.45) is 0 Å². The molecule has 1 atom stereocenters. The van der Waals surface area contributed by atoms with Crippen molar-refractivity contribution in [3.05, 3.63) is 94.5 Å². The number of benzene rings is 3. The van der Waals surface area contributed by atoms with E-state index in [0.29, 0.717) is 11.4 Å². The van der Waals surface area contributed by atoms with Gasteiger partial charge in [-0.3, -0.25) is 4.79 Å². The smallest absolute Gasteiger partial charge is 0.164 e. The first-order chi connectivity index (χ1) is 13.0. The van der Waals surface area contributed by atoms with Gasteiger partial charge in [0.05, 0.1) is 4.58 Å². The second-order valence-electron chi connectivity index (χ2n) is 6.43.